The Morgan fingerprint density at radius 3 is 2.65 bits per heavy atom. The molecule has 0 saturated carbocycles. The zero-order valence-corrected chi connectivity index (χ0v) is 13.9. The van der Waals surface area contributed by atoms with Crippen LogP contribution in [0.15, 0.2) is 53.6 Å². The third-order valence-electron chi connectivity index (χ3n) is 3.16. The Kier molecular flexibility index (Phi) is 6.18. The van der Waals surface area contributed by atoms with Crippen molar-refractivity contribution in [2.75, 3.05) is 0 Å². The molecule has 0 fully saturated rings. The van der Waals surface area contributed by atoms with E-state index in [0.29, 0.717) is 17.4 Å². The lowest BCUT2D eigenvalue weighted by Gasteiger charge is -2.10. The van der Waals surface area contributed by atoms with Gasteiger partial charge in [-0.05, 0) is 18.2 Å². The molecule has 4 nitrogen and oxygen atoms in total. The molecular formula is C18H19ClN2O2. The number of nitrogens with zero attached hydrogens (tertiary/aromatic N) is 1. The SMILES string of the molecule is CC(C)C(=O)N/N=C\c1ccccc1OCc1ccccc1Cl. The van der Waals surface area contributed by atoms with Gasteiger partial charge in [0.05, 0.1) is 6.21 Å². The Morgan fingerprint density at radius 1 is 1.22 bits per heavy atom. The summed E-state index contributed by atoms with van der Waals surface area (Å²) in [6.45, 7) is 3.99. The maximum atomic E-state index is 11.5. The predicted octanol–water partition coefficient (Wildman–Crippen LogP) is 4.03. The number of ether oxygens (including phenoxy) is 1. The zero-order chi connectivity index (χ0) is 16.7. The van der Waals surface area contributed by atoms with Crippen molar-refractivity contribution in [1.82, 2.24) is 5.43 Å². The molecule has 0 spiro atoms. The minimum atomic E-state index is -0.129. The molecule has 0 aliphatic rings. The number of halogens is 1. The Bertz CT molecular complexity index is 699. The molecule has 0 aliphatic heterocycles. The summed E-state index contributed by atoms with van der Waals surface area (Å²) in [5, 5.41) is 4.63. The summed E-state index contributed by atoms with van der Waals surface area (Å²) < 4.78 is 5.82. The molecule has 0 atom stereocenters. The normalized spacial score (nSPS) is 11.0. The Balaban J connectivity index is 2.04. The van der Waals surface area contributed by atoms with Gasteiger partial charge in [-0.2, -0.15) is 5.10 Å². The van der Waals surface area contributed by atoms with Crippen LogP contribution in [0, 0.1) is 5.92 Å². The van der Waals surface area contributed by atoms with Gasteiger partial charge in [0, 0.05) is 22.1 Å². The molecule has 2 rings (SSSR count). The minimum Gasteiger partial charge on any atom is -0.488 e. The molecule has 5 heteroatoms. The quantitative estimate of drug-likeness (QED) is 0.642. The lowest BCUT2D eigenvalue weighted by molar-refractivity contribution is -0.123. The van der Waals surface area contributed by atoms with Gasteiger partial charge >= 0.3 is 0 Å². The maximum absolute atomic E-state index is 11.5. The van der Waals surface area contributed by atoms with Crippen molar-refractivity contribution in [2.45, 2.75) is 20.5 Å². The summed E-state index contributed by atoms with van der Waals surface area (Å²) in [5.41, 5.74) is 4.19. The van der Waals surface area contributed by atoms with Crippen LogP contribution in [0.3, 0.4) is 0 Å². The Labute approximate surface area is 141 Å². The van der Waals surface area contributed by atoms with Crippen molar-refractivity contribution in [2.24, 2.45) is 11.0 Å². The van der Waals surface area contributed by atoms with Crippen LogP contribution in [0.1, 0.15) is 25.0 Å². The van der Waals surface area contributed by atoms with Crippen molar-refractivity contribution < 1.29 is 9.53 Å². The molecular weight excluding hydrogens is 312 g/mol. The molecule has 0 bridgehead atoms. The highest BCUT2D eigenvalue weighted by molar-refractivity contribution is 6.31. The standard InChI is InChI=1S/C18H19ClN2O2/c1-13(2)18(22)21-20-11-14-7-4-6-10-17(14)23-12-15-8-3-5-9-16(15)19/h3-11,13H,12H2,1-2H3,(H,21,22)/b20-11-. The zero-order valence-electron chi connectivity index (χ0n) is 13.1. The van der Waals surface area contributed by atoms with E-state index in [-0.39, 0.29) is 11.8 Å². The number of benzene rings is 2. The number of nitrogens with one attached hydrogen (secondary N) is 1. The molecule has 1 amide bonds. The van der Waals surface area contributed by atoms with Crippen LogP contribution in [-0.2, 0) is 11.4 Å². The van der Waals surface area contributed by atoms with Crippen molar-refractivity contribution in [3.8, 4) is 5.75 Å². The van der Waals surface area contributed by atoms with Crippen LogP contribution in [0.2, 0.25) is 5.02 Å². The lowest BCUT2D eigenvalue weighted by atomic mass is 10.2. The third-order valence-corrected chi connectivity index (χ3v) is 3.53. The second kappa shape index (κ2) is 8.34. The van der Waals surface area contributed by atoms with Gasteiger partial charge in [0.2, 0.25) is 5.91 Å². The molecule has 2 aromatic rings. The average Bonchev–Trinajstić information content (AvgIpc) is 2.55. The number of para-hydroxylation sites is 1. The highest BCUT2D eigenvalue weighted by Crippen LogP contribution is 2.20. The summed E-state index contributed by atoms with van der Waals surface area (Å²) in [7, 11) is 0. The van der Waals surface area contributed by atoms with Crippen LogP contribution in [-0.4, -0.2) is 12.1 Å². The maximum Gasteiger partial charge on any atom is 0.242 e. The van der Waals surface area contributed by atoms with E-state index in [1.165, 1.54) is 0 Å². The van der Waals surface area contributed by atoms with Crippen LogP contribution in [0.5, 0.6) is 5.75 Å². The van der Waals surface area contributed by atoms with E-state index in [4.69, 9.17) is 16.3 Å². The van der Waals surface area contributed by atoms with E-state index in [1.54, 1.807) is 6.21 Å². The summed E-state index contributed by atoms with van der Waals surface area (Å²) in [6, 6.07) is 15.0. The number of amides is 1. The van der Waals surface area contributed by atoms with Crippen molar-refractivity contribution in [3.05, 3.63) is 64.7 Å². The van der Waals surface area contributed by atoms with E-state index >= 15 is 0 Å². The molecule has 120 valence electrons. The summed E-state index contributed by atoms with van der Waals surface area (Å²) in [6.07, 6.45) is 1.57. The van der Waals surface area contributed by atoms with Gasteiger partial charge in [-0.3, -0.25) is 4.79 Å². The van der Waals surface area contributed by atoms with E-state index in [9.17, 15) is 4.79 Å². The van der Waals surface area contributed by atoms with E-state index in [0.717, 1.165) is 11.1 Å². The number of carbonyl (C=O) groups is 1. The lowest BCUT2D eigenvalue weighted by Crippen LogP contribution is -2.22. The molecule has 0 aliphatic carbocycles. The number of carbonyl (C=O) groups excluding carboxylic acids is 1. The van der Waals surface area contributed by atoms with Crippen molar-refractivity contribution in [1.29, 1.82) is 0 Å². The summed E-state index contributed by atoms with van der Waals surface area (Å²) in [5.74, 6) is 0.435. The number of hydrogen-bond acceptors (Lipinski definition) is 3. The monoisotopic (exact) mass is 330 g/mol. The number of hydrazone groups is 1. The van der Waals surface area contributed by atoms with Gasteiger partial charge in [-0.15, -0.1) is 0 Å². The van der Waals surface area contributed by atoms with Crippen LogP contribution < -0.4 is 10.2 Å². The summed E-state index contributed by atoms with van der Waals surface area (Å²) in [4.78, 5) is 11.5. The molecule has 1 N–H and O–H groups in total. The molecule has 0 aromatic heterocycles. The molecule has 0 saturated heterocycles. The fourth-order valence-electron chi connectivity index (χ4n) is 1.78. The van der Waals surface area contributed by atoms with Crippen LogP contribution >= 0.6 is 11.6 Å². The van der Waals surface area contributed by atoms with Crippen LogP contribution in [0.25, 0.3) is 0 Å². The average molecular weight is 331 g/mol. The predicted molar refractivity (Wildman–Crippen MR) is 92.8 cm³/mol. The Hall–Kier alpha value is -2.33. The van der Waals surface area contributed by atoms with Gasteiger partial charge in [0.25, 0.3) is 0 Å². The van der Waals surface area contributed by atoms with E-state index < -0.39 is 0 Å². The van der Waals surface area contributed by atoms with Gasteiger partial charge in [0.1, 0.15) is 12.4 Å². The third kappa shape index (κ3) is 5.11. The molecule has 0 radical (unpaired) electrons. The summed E-state index contributed by atoms with van der Waals surface area (Å²) >= 11 is 6.12. The van der Waals surface area contributed by atoms with Gasteiger partial charge < -0.3 is 4.74 Å². The minimum absolute atomic E-state index is 0.112. The molecule has 0 heterocycles. The first-order valence-electron chi connectivity index (χ1n) is 7.36. The van der Waals surface area contributed by atoms with Crippen molar-refractivity contribution in [3.63, 3.8) is 0 Å². The first-order valence-corrected chi connectivity index (χ1v) is 7.74. The fourth-order valence-corrected chi connectivity index (χ4v) is 1.97. The number of hydrogen-bond donors (Lipinski definition) is 1. The van der Waals surface area contributed by atoms with Gasteiger partial charge in [-0.1, -0.05) is 55.8 Å². The Morgan fingerprint density at radius 2 is 1.91 bits per heavy atom. The molecule has 2 aromatic carbocycles. The second-order valence-electron chi connectivity index (χ2n) is 5.31. The largest absolute Gasteiger partial charge is 0.488 e. The smallest absolute Gasteiger partial charge is 0.242 e. The topological polar surface area (TPSA) is 50.7 Å². The highest BCUT2D eigenvalue weighted by Gasteiger charge is 2.06. The molecule has 0 unspecified atom stereocenters. The van der Waals surface area contributed by atoms with E-state index in [1.807, 2.05) is 62.4 Å². The number of rotatable bonds is 6. The van der Waals surface area contributed by atoms with Crippen LogP contribution in [0.4, 0.5) is 0 Å². The fraction of sp³-hybridized carbons (Fsp3) is 0.222. The second-order valence-corrected chi connectivity index (χ2v) is 5.71. The van der Waals surface area contributed by atoms with Gasteiger partial charge in [-0.25, -0.2) is 5.43 Å². The first kappa shape index (κ1) is 17.0. The van der Waals surface area contributed by atoms with Gasteiger partial charge in [0.15, 0.2) is 0 Å². The first-order chi connectivity index (χ1) is 11.1. The van der Waals surface area contributed by atoms with E-state index in [2.05, 4.69) is 10.5 Å². The highest BCUT2D eigenvalue weighted by atomic mass is 35.5. The van der Waals surface area contributed by atoms with Crippen molar-refractivity contribution >= 4 is 23.7 Å². The molecule has 23 heavy (non-hydrogen) atoms.